The molecule has 0 aliphatic carbocycles. The first-order valence-electron chi connectivity index (χ1n) is 5.69. The van der Waals surface area contributed by atoms with E-state index in [0.717, 1.165) is 5.56 Å². The van der Waals surface area contributed by atoms with Gasteiger partial charge in [0.2, 0.25) is 5.76 Å². The second kappa shape index (κ2) is 5.77. The number of aromatic nitrogens is 1. The zero-order valence-electron chi connectivity index (χ0n) is 10.3. The number of aryl methyl sites for hydroxylation is 1. The molecule has 5 heteroatoms. The van der Waals surface area contributed by atoms with E-state index in [9.17, 15) is 10.1 Å². The summed E-state index contributed by atoms with van der Waals surface area (Å²) >= 11 is 0. The summed E-state index contributed by atoms with van der Waals surface area (Å²) in [6.45, 7) is 1.54. The highest BCUT2D eigenvalue weighted by Crippen LogP contribution is 2.23. The summed E-state index contributed by atoms with van der Waals surface area (Å²) in [5.41, 5.74) is 1.23. The van der Waals surface area contributed by atoms with Gasteiger partial charge in [-0.3, -0.25) is 10.1 Å². The molecule has 5 nitrogen and oxygen atoms in total. The van der Waals surface area contributed by atoms with E-state index < -0.39 is 4.92 Å². The lowest BCUT2D eigenvalue weighted by Gasteiger charge is -1.88. The molecular weight excluding hydrogens is 244 g/mol. The van der Waals surface area contributed by atoms with Crippen molar-refractivity contribution >= 4 is 17.8 Å². The molecule has 0 aliphatic heterocycles. The van der Waals surface area contributed by atoms with E-state index >= 15 is 0 Å². The minimum atomic E-state index is -0.494. The van der Waals surface area contributed by atoms with Crippen molar-refractivity contribution in [2.24, 2.45) is 0 Å². The molecule has 0 saturated heterocycles. The first-order chi connectivity index (χ1) is 9.18. The molecule has 0 bridgehead atoms. The van der Waals surface area contributed by atoms with Gasteiger partial charge in [-0.15, -0.1) is 0 Å². The van der Waals surface area contributed by atoms with Crippen LogP contribution in [-0.2, 0) is 0 Å². The molecule has 2 aromatic rings. The van der Waals surface area contributed by atoms with Crippen molar-refractivity contribution in [1.29, 1.82) is 0 Å². The van der Waals surface area contributed by atoms with Crippen LogP contribution in [0.25, 0.3) is 12.2 Å². The van der Waals surface area contributed by atoms with Gasteiger partial charge in [0.15, 0.2) is 5.69 Å². The van der Waals surface area contributed by atoms with Crippen molar-refractivity contribution in [2.75, 3.05) is 0 Å². The molecule has 0 amide bonds. The van der Waals surface area contributed by atoms with Crippen molar-refractivity contribution in [1.82, 2.24) is 5.16 Å². The molecule has 0 spiro atoms. The topological polar surface area (TPSA) is 69.2 Å². The Hall–Kier alpha value is -2.69. The Morgan fingerprint density at radius 3 is 2.58 bits per heavy atom. The highest BCUT2D eigenvalue weighted by molar-refractivity contribution is 5.60. The Morgan fingerprint density at radius 1 is 1.21 bits per heavy atom. The summed E-state index contributed by atoms with van der Waals surface area (Å²) in [5, 5.41) is 14.4. The van der Waals surface area contributed by atoms with Gasteiger partial charge in [-0.2, -0.15) is 0 Å². The molecule has 1 aromatic heterocycles. The van der Waals surface area contributed by atoms with E-state index in [1.807, 2.05) is 36.4 Å². The summed E-state index contributed by atoms with van der Waals surface area (Å²) in [5.74, 6) is 0.153. The second-order valence-corrected chi connectivity index (χ2v) is 3.87. The Morgan fingerprint density at radius 2 is 1.89 bits per heavy atom. The van der Waals surface area contributed by atoms with Crippen LogP contribution in [0.2, 0.25) is 0 Å². The maximum atomic E-state index is 10.8. The monoisotopic (exact) mass is 256 g/mol. The Bertz CT molecular complexity index is 627. The van der Waals surface area contributed by atoms with E-state index in [2.05, 4.69) is 5.16 Å². The molecule has 96 valence electrons. The fourth-order valence-electron chi connectivity index (χ4n) is 1.59. The minimum absolute atomic E-state index is 0.0932. The van der Waals surface area contributed by atoms with Crippen LogP contribution in [0.3, 0.4) is 0 Å². The standard InChI is InChI=1S/C14H12N2O3/c1-11-14(16(17)18)13(19-15-11)10-6-5-9-12-7-3-2-4-8-12/h2-10H,1H3/b9-5+,10-6+. The zero-order valence-corrected chi connectivity index (χ0v) is 10.3. The molecule has 1 heterocycles. The average molecular weight is 256 g/mol. The summed E-state index contributed by atoms with van der Waals surface area (Å²) in [6, 6.07) is 9.74. The van der Waals surface area contributed by atoms with Gasteiger partial charge in [-0.05, 0) is 18.6 Å². The van der Waals surface area contributed by atoms with Gasteiger partial charge in [0, 0.05) is 0 Å². The lowest BCUT2D eigenvalue weighted by atomic mass is 10.2. The Labute approximate surface area is 110 Å². The quantitative estimate of drug-likeness (QED) is 0.476. The third kappa shape index (κ3) is 3.16. The summed E-state index contributed by atoms with van der Waals surface area (Å²) in [6.07, 6.45) is 6.89. The van der Waals surface area contributed by atoms with Crippen LogP contribution in [0.1, 0.15) is 17.0 Å². The van der Waals surface area contributed by atoms with Crippen LogP contribution >= 0.6 is 0 Å². The van der Waals surface area contributed by atoms with Gasteiger partial charge in [-0.25, -0.2) is 0 Å². The third-order valence-electron chi connectivity index (χ3n) is 2.49. The van der Waals surface area contributed by atoms with E-state index in [1.54, 1.807) is 19.1 Å². The molecule has 0 radical (unpaired) electrons. The van der Waals surface area contributed by atoms with Crippen molar-refractivity contribution < 1.29 is 9.45 Å². The number of nitrogens with zero attached hydrogens (tertiary/aromatic N) is 2. The molecule has 0 atom stereocenters. The smallest absolute Gasteiger partial charge is 0.338 e. The van der Waals surface area contributed by atoms with E-state index in [0.29, 0.717) is 0 Å². The van der Waals surface area contributed by atoms with Crippen LogP contribution < -0.4 is 0 Å². The largest absolute Gasteiger partial charge is 0.349 e. The maximum absolute atomic E-state index is 10.8. The molecule has 0 saturated carbocycles. The van der Waals surface area contributed by atoms with Crippen LogP contribution in [0.4, 0.5) is 5.69 Å². The number of hydrogen-bond donors (Lipinski definition) is 0. The number of nitro groups is 1. The van der Waals surface area contributed by atoms with Crippen molar-refractivity contribution in [3.8, 4) is 0 Å². The first kappa shape index (κ1) is 12.8. The van der Waals surface area contributed by atoms with Gasteiger partial charge in [-0.1, -0.05) is 53.7 Å². The highest BCUT2D eigenvalue weighted by Gasteiger charge is 2.21. The fraction of sp³-hybridized carbons (Fsp3) is 0.0714. The average Bonchev–Trinajstić information content (AvgIpc) is 2.77. The normalized spacial score (nSPS) is 11.4. The lowest BCUT2D eigenvalue weighted by Crippen LogP contribution is -1.89. The fourth-order valence-corrected chi connectivity index (χ4v) is 1.59. The van der Waals surface area contributed by atoms with Crippen LogP contribution in [0.15, 0.2) is 47.0 Å². The molecule has 0 N–H and O–H groups in total. The van der Waals surface area contributed by atoms with Gasteiger partial charge < -0.3 is 4.52 Å². The molecule has 0 fully saturated rings. The minimum Gasteiger partial charge on any atom is -0.349 e. The lowest BCUT2D eigenvalue weighted by molar-refractivity contribution is -0.386. The van der Waals surface area contributed by atoms with Crippen LogP contribution in [-0.4, -0.2) is 10.1 Å². The van der Waals surface area contributed by atoms with E-state index in [4.69, 9.17) is 4.52 Å². The Balaban J connectivity index is 2.12. The van der Waals surface area contributed by atoms with Crippen LogP contribution in [0, 0.1) is 17.0 Å². The summed E-state index contributed by atoms with van der Waals surface area (Å²) in [4.78, 5) is 10.3. The number of rotatable bonds is 4. The Kier molecular flexibility index (Phi) is 3.87. The number of benzene rings is 1. The third-order valence-corrected chi connectivity index (χ3v) is 2.49. The summed E-state index contributed by atoms with van der Waals surface area (Å²) < 4.78 is 4.90. The van der Waals surface area contributed by atoms with Gasteiger partial charge in [0.1, 0.15) is 0 Å². The molecule has 19 heavy (non-hydrogen) atoms. The van der Waals surface area contributed by atoms with Gasteiger partial charge in [0.05, 0.1) is 4.92 Å². The second-order valence-electron chi connectivity index (χ2n) is 3.87. The molecule has 0 aliphatic rings. The first-order valence-corrected chi connectivity index (χ1v) is 5.69. The van der Waals surface area contributed by atoms with Crippen molar-refractivity contribution in [3.63, 3.8) is 0 Å². The number of allylic oxidation sites excluding steroid dienone is 2. The predicted molar refractivity (Wildman–Crippen MR) is 72.4 cm³/mol. The highest BCUT2D eigenvalue weighted by atomic mass is 16.6. The van der Waals surface area contributed by atoms with Gasteiger partial charge in [0.25, 0.3) is 0 Å². The van der Waals surface area contributed by atoms with E-state index in [-0.39, 0.29) is 17.1 Å². The maximum Gasteiger partial charge on any atom is 0.338 e. The molecule has 1 aromatic carbocycles. The van der Waals surface area contributed by atoms with Gasteiger partial charge >= 0.3 is 5.69 Å². The number of hydrogen-bond acceptors (Lipinski definition) is 4. The van der Waals surface area contributed by atoms with Crippen LogP contribution in [0.5, 0.6) is 0 Å². The molecule has 0 unspecified atom stereocenters. The molecular formula is C14H12N2O3. The van der Waals surface area contributed by atoms with Crippen molar-refractivity contribution in [3.05, 3.63) is 69.6 Å². The van der Waals surface area contributed by atoms with E-state index in [1.165, 1.54) is 6.08 Å². The van der Waals surface area contributed by atoms with Crippen molar-refractivity contribution in [2.45, 2.75) is 6.92 Å². The zero-order chi connectivity index (χ0) is 13.7. The summed E-state index contributed by atoms with van der Waals surface area (Å²) in [7, 11) is 0. The predicted octanol–water partition coefficient (Wildman–Crippen LogP) is 3.62. The SMILES string of the molecule is Cc1noc(/C=C/C=C/c2ccccc2)c1[N+](=O)[O-]. The molecule has 2 rings (SSSR count).